The second kappa shape index (κ2) is 7.60. The Morgan fingerprint density at radius 1 is 1.56 bits per heavy atom. The van der Waals surface area contributed by atoms with Gasteiger partial charge in [-0.3, -0.25) is 4.79 Å². The fourth-order valence-electron chi connectivity index (χ4n) is 1.87. The lowest BCUT2D eigenvalue weighted by Gasteiger charge is -2.22. The molecule has 0 aromatic heterocycles. The Bertz CT molecular complexity index is 211. The molecule has 1 aliphatic heterocycles. The molecular weight excluding hydrogens is 206 g/mol. The van der Waals surface area contributed by atoms with Crippen LogP contribution in [0.3, 0.4) is 0 Å². The number of hydrogen-bond donors (Lipinski definition) is 2. The SMILES string of the molecule is CCOC(CN)CCN1CCNC(=O)CC1. The van der Waals surface area contributed by atoms with Crippen LogP contribution in [-0.2, 0) is 9.53 Å². The summed E-state index contributed by atoms with van der Waals surface area (Å²) in [5.74, 6) is 0.155. The summed E-state index contributed by atoms with van der Waals surface area (Å²) >= 11 is 0. The van der Waals surface area contributed by atoms with Crippen molar-refractivity contribution in [1.82, 2.24) is 10.2 Å². The standard InChI is InChI=1S/C11H23N3O2/c1-2-16-10(9-12)3-6-14-7-4-11(15)13-5-8-14/h10H,2-9,12H2,1H3,(H,13,15). The van der Waals surface area contributed by atoms with Gasteiger partial charge >= 0.3 is 0 Å². The van der Waals surface area contributed by atoms with E-state index in [1.807, 2.05) is 6.92 Å². The van der Waals surface area contributed by atoms with Crippen LogP contribution >= 0.6 is 0 Å². The van der Waals surface area contributed by atoms with Gasteiger partial charge in [0.15, 0.2) is 0 Å². The van der Waals surface area contributed by atoms with Gasteiger partial charge in [-0.2, -0.15) is 0 Å². The molecule has 16 heavy (non-hydrogen) atoms. The van der Waals surface area contributed by atoms with E-state index in [1.165, 1.54) is 0 Å². The minimum atomic E-state index is 0.150. The van der Waals surface area contributed by atoms with E-state index in [2.05, 4.69) is 10.2 Å². The molecule has 1 amide bonds. The molecule has 0 saturated carbocycles. The van der Waals surface area contributed by atoms with E-state index in [9.17, 15) is 4.79 Å². The lowest BCUT2D eigenvalue weighted by atomic mass is 10.2. The van der Waals surface area contributed by atoms with Crippen LogP contribution in [0.25, 0.3) is 0 Å². The molecule has 0 aromatic rings. The zero-order chi connectivity index (χ0) is 11.8. The van der Waals surface area contributed by atoms with Crippen molar-refractivity contribution in [3.63, 3.8) is 0 Å². The normalized spacial score (nSPS) is 20.2. The Labute approximate surface area is 97.3 Å². The van der Waals surface area contributed by atoms with Crippen molar-refractivity contribution in [1.29, 1.82) is 0 Å². The number of nitrogens with two attached hydrogens (primary N) is 1. The molecule has 0 spiro atoms. The smallest absolute Gasteiger partial charge is 0.221 e. The predicted molar refractivity (Wildman–Crippen MR) is 63.2 cm³/mol. The molecule has 0 radical (unpaired) electrons. The lowest BCUT2D eigenvalue weighted by molar-refractivity contribution is -0.120. The number of rotatable bonds is 6. The van der Waals surface area contributed by atoms with E-state index >= 15 is 0 Å². The molecule has 0 bridgehead atoms. The average Bonchev–Trinajstić information content (AvgIpc) is 2.49. The van der Waals surface area contributed by atoms with E-state index in [-0.39, 0.29) is 12.0 Å². The number of nitrogens with zero attached hydrogens (tertiary/aromatic N) is 1. The van der Waals surface area contributed by atoms with Crippen molar-refractivity contribution >= 4 is 5.91 Å². The maximum absolute atomic E-state index is 11.1. The molecule has 1 fully saturated rings. The number of carbonyl (C=O) groups excluding carboxylic acids is 1. The highest BCUT2D eigenvalue weighted by atomic mass is 16.5. The molecule has 5 heteroatoms. The first-order chi connectivity index (χ1) is 7.76. The Kier molecular flexibility index (Phi) is 6.37. The van der Waals surface area contributed by atoms with Crippen LogP contribution < -0.4 is 11.1 Å². The Balaban J connectivity index is 2.22. The van der Waals surface area contributed by atoms with Crippen LogP contribution in [0.1, 0.15) is 19.8 Å². The highest BCUT2D eigenvalue weighted by Gasteiger charge is 2.14. The van der Waals surface area contributed by atoms with Crippen LogP contribution in [0.15, 0.2) is 0 Å². The zero-order valence-electron chi connectivity index (χ0n) is 10.1. The van der Waals surface area contributed by atoms with E-state index < -0.39 is 0 Å². The summed E-state index contributed by atoms with van der Waals surface area (Å²) < 4.78 is 5.50. The van der Waals surface area contributed by atoms with Crippen molar-refractivity contribution in [3.05, 3.63) is 0 Å². The van der Waals surface area contributed by atoms with Crippen molar-refractivity contribution < 1.29 is 9.53 Å². The third-order valence-electron chi connectivity index (χ3n) is 2.84. The third-order valence-corrected chi connectivity index (χ3v) is 2.84. The second-order valence-electron chi connectivity index (χ2n) is 4.04. The number of carbonyl (C=O) groups is 1. The second-order valence-corrected chi connectivity index (χ2v) is 4.04. The highest BCUT2D eigenvalue weighted by Crippen LogP contribution is 2.02. The maximum Gasteiger partial charge on any atom is 0.221 e. The summed E-state index contributed by atoms with van der Waals surface area (Å²) in [7, 11) is 0. The topological polar surface area (TPSA) is 67.6 Å². The molecule has 5 nitrogen and oxygen atoms in total. The van der Waals surface area contributed by atoms with E-state index in [4.69, 9.17) is 10.5 Å². The van der Waals surface area contributed by atoms with Crippen molar-refractivity contribution in [2.45, 2.75) is 25.9 Å². The van der Waals surface area contributed by atoms with Crippen molar-refractivity contribution in [2.75, 3.05) is 39.3 Å². The monoisotopic (exact) mass is 229 g/mol. The van der Waals surface area contributed by atoms with Gasteiger partial charge in [0.1, 0.15) is 0 Å². The predicted octanol–water partition coefficient (Wildman–Crippen LogP) is -0.438. The van der Waals surface area contributed by atoms with Gasteiger partial charge in [-0.15, -0.1) is 0 Å². The molecule has 0 aromatic carbocycles. The highest BCUT2D eigenvalue weighted by molar-refractivity contribution is 5.76. The largest absolute Gasteiger partial charge is 0.377 e. The maximum atomic E-state index is 11.1. The van der Waals surface area contributed by atoms with Gasteiger partial charge in [0.25, 0.3) is 0 Å². The first-order valence-electron chi connectivity index (χ1n) is 6.07. The lowest BCUT2D eigenvalue weighted by Crippen LogP contribution is -2.33. The molecule has 1 rings (SSSR count). The number of nitrogens with one attached hydrogen (secondary N) is 1. The number of amides is 1. The Morgan fingerprint density at radius 2 is 2.38 bits per heavy atom. The van der Waals surface area contributed by atoms with Crippen molar-refractivity contribution in [2.24, 2.45) is 5.73 Å². The average molecular weight is 229 g/mol. The molecule has 94 valence electrons. The summed E-state index contributed by atoms with van der Waals surface area (Å²) in [6, 6.07) is 0. The summed E-state index contributed by atoms with van der Waals surface area (Å²) in [6.07, 6.45) is 1.69. The number of hydrogen-bond acceptors (Lipinski definition) is 4. The minimum Gasteiger partial charge on any atom is -0.377 e. The molecule has 0 aliphatic carbocycles. The molecule has 1 heterocycles. The molecule has 3 N–H and O–H groups in total. The van der Waals surface area contributed by atoms with Gasteiger partial charge in [0.05, 0.1) is 6.10 Å². The van der Waals surface area contributed by atoms with Crippen LogP contribution in [-0.4, -0.2) is 56.2 Å². The molecular formula is C11H23N3O2. The van der Waals surface area contributed by atoms with E-state index in [1.54, 1.807) is 0 Å². The van der Waals surface area contributed by atoms with Crippen LogP contribution in [0.2, 0.25) is 0 Å². The molecule has 1 aliphatic rings. The van der Waals surface area contributed by atoms with Gasteiger partial charge in [-0.05, 0) is 13.3 Å². The van der Waals surface area contributed by atoms with E-state index in [0.29, 0.717) is 19.6 Å². The molecule has 1 saturated heterocycles. The van der Waals surface area contributed by atoms with Gasteiger partial charge in [-0.25, -0.2) is 0 Å². The first kappa shape index (κ1) is 13.4. The van der Waals surface area contributed by atoms with Gasteiger partial charge in [-0.1, -0.05) is 0 Å². The van der Waals surface area contributed by atoms with Crippen LogP contribution in [0.5, 0.6) is 0 Å². The van der Waals surface area contributed by atoms with Crippen LogP contribution in [0, 0.1) is 0 Å². The summed E-state index contributed by atoms with van der Waals surface area (Å²) in [5.41, 5.74) is 5.62. The van der Waals surface area contributed by atoms with Crippen molar-refractivity contribution in [3.8, 4) is 0 Å². The van der Waals surface area contributed by atoms with Gasteiger partial charge in [0.2, 0.25) is 5.91 Å². The summed E-state index contributed by atoms with van der Waals surface area (Å²) in [4.78, 5) is 13.4. The summed E-state index contributed by atoms with van der Waals surface area (Å²) in [5, 5.41) is 2.86. The fraction of sp³-hybridized carbons (Fsp3) is 0.909. The van der Waals surface area contributed by atoms with Gasteiger partial charge < -0.3 is 20.7 Å². The van der Waals surface area contributed by atoms with E-state index in [0.717, 1.165) is 32.6 Å². The Morgan fingerprint density at radius 3 is 3.06 bits per heavy atom. The minimum absolute atomic E-state index is 0.150. The zero-order valence-corrected chi connectivity index (χ0v) is 10.1. The fourth-order valence-corrected chi connectivity index (χ4v) is 1.87. The van der Waals surface area contributed by atoms with Crippen LogP contribution in [0.4, 0.5) is 0 Å². The number of ether oxygens (including phenoxy) is 1. The summed E-state index contributed by atoms with van der Waals surface area (Å²) in [6.45, 7) is 6.74. The Hall–Kier alpha value is -0.650. The quantitative estimate of drug-likeness (QED) is 0.648. The first-order valence-corrected chi connectivity index (χ1v) is 6.07. The third kappa shape index (κ3) is 4.92. The molecule has 1 atom stereocenters. The van der Waals surface area contributed by atoms with Gasteiger partial charge in [0, 0.05) is 45.8 Å². The molecule has 1 unspecified atom stereocenters.